The molecule has 0 saturated carbocycles. The summed E-state index contributed by atoms with van der Waals surface area (Å²) in [5, 5.41) is 0.691. The van der Waals surface area contributed by atoms with Crippen molar-refractivity contribution < 1.29 is 4.79 Å². The molecule has 1 amide bonds. The van der Waals surface area contributed by atoms with E-state index in [1.54, 1.807) is 33.6 Å². The number of carbonyl (C=O) groups excluding carboxylic acids is 1. The summed E-state index contributed by atoms with van der Waals surface area (Å²) in [5.41, 5.74) is 0.952. The second-order valence-corrected chi connectivity index (χ2v) is 11.1. The molecule has 0 unspecified atom stereocenters. The van der Waals surface area contributed by atoms with Crippen LogP contribution in [0.5, 0.6) is 0 Å². The van der Waals surface area contributed by atoms with Crippen molar-refractivity contribution in [1.82, 2.24) is 19.4 Å². The summed E-state index contributed by atoms with van der Waals surface area (Å²) >= 11 is 6.80. The number of aryl methyl sites for hydroxylation is 3. The zero-order chi connectivity index (χ0) is 20.5. The molecule has 0 aliphatic carbocycles. The molecule has 4 rings (SSSR count). The second-order valence-electron chi connectivity index (χ2n) is 7.32. The average molecular weight is 495 g/mol. The Morgan fingerprint density at radius 3 is 2.62 bits per heavy atom. The number of halogens is 1. The molecule has 0 N–H and O–H groups in total. The molecule has 0 radical (unpaired) electrons. The Hall–Kier alpha value is -1.55. The fraction of sp³-hybridized carbons (Fsp3) is 0.450. The number of carbonyl (C=O) groups is 1. The van der Waals surface area contributed by atoms with Gasteiger partial charge in [-0.3, -0.25) is 19.1 Å². The van der Waals surface area contributed by atoms with E-state index >= 15 is 0 Å². The van der Waals surface area contributed by atoms with Crippen LogP contribution in [-0.4, -0.2) is 51.4 Å². The van der Waals surface area contributed by atoms with Crippen LogP contribution in [0.15, 0.2) is 27.0 Å². The molecule has 1 aliphatic heterocycles. The van der Waals surface area contributed by atoms with Crippen molar-refractivity contribution in [3.05, 3.63) is 47.9 Å². The summed E-state index contributed by atoms with van der Waals surface area (Å²) in [4.78, 5) is 37.4. The van der Waals surface area contributed by atoms with Gasteiger partial charge in [0.05, 0.1) is 15.5 Å². The Bertz CT molecular complexity index is 1100. The van der Waals surface area contributed by atoms with E-state index in [1.807, 2.05) is 18.7 Å². The van der Waals surface area contributed by atoms with E-state index in [-0.39, 0.29) is 11.5 Å². The number of aromatic nitrogens is 2. The van der Waals surface area contributed by atoms with Crippen LogP contribution in [0, 0.1) is 13.8 Å². The molecule has 6 nitrogen and oxygen atoms in total. The molecule has 9 heteroatoms. The van der Waals surface area contributed by atoms with Crippen LogP contribution in [0.25, 0.3) is 10.2 Å². The highest BCUT2D eigenvalue weighted by atomic mass is 79.9. The molecule has 3 aromatic rings. The Balaban J connectivity index is 1.32. The molecule has 0 aromatic carbocycles. The number of nitrogens with zero attached hydrogens (tertiary/aromatic N) is 4. The van der Waals surface area contributed by atoms with Crippen LogP contribution < -0.4 is 5.56 Å². The minimum Gasteiger partial charge on any atom is -0.340 e. The number of piperazine rings is 1. The number of rotatable bonds is 5. The van der Waals surface area contributed by atoms with Crippen LogP contribution >= 0.6 is 38.6 Å². The van der Waals surface area contributed by atoms with E-state index < -0.39 is 0 Å². The lowest BCUT2D eigenvalue weighted by Gasteiger charge is -2.34. The standard InChI is InChI=1S/C20H23BrN4O2S2/c1-13-14(2)28-19-18(13)20(27)25(12-22-19)6-5-17(26)24-9-7-23(8-10-24)11-15-3-4-16(21)29-15/h3-4,12H,5-11H2,1-2H3. The van der Waals surface area contributed by atoms with Crippen molar-refractivity contribution in [2.75, 3.05) is 26.2 Å². The summed E-state index contributed by atoms with van der Waals surface area (Å²) in [5.74, 6) is 0.105. The van der Waals surface area contributed by atoms with Gasteiger partial charge in [-0.25, -0.2) is 4.98 Å². The van der Waals surface area contributed by atoms with Crippen molar-refractivity contribution in [2.24, 2.45) is 0 Å². The van der Waals surface area contributed by atoms with Gasteiger partial charge < -0.3 is 4.90 Å². The molecular formula is C20H23BrN4O2S2. The van der Waals surface area contributed by atoms with Crippen LogP contribution in [0.2, 0.25) is 0 Å². The second kappa shape index (κ2) is 8.67. The van der Waals surface area contributed by atoms with Gasteiger partial charge in [0.15, 0.2) is 0 Å². The van der Waals surface area contributed by atoms with Gasteiger partial charge in [0.1, 0.15) is 4.83 Å². The lowest BCUT2D eigenvalue weighted by Crippen LogP contribution is -2.48. The molecule has 0 bridgehead atoms. The SMILES string of the molecule is Cc1sc2ncn(CCC(=O)N3CCN(Cc4ccc(Br)s4)CC3)c(=O)c2c1C. The predicted octanol–water partition coefficient (Wildman–Crippen LogP) is 3.63. The van der Waals surface area contributed by atoms with Gasteiger partial charge in [-0.15, -0.1) is 22.7 Å². The topological polar surface area (TPSA) is 58.4 Å². The zero-order valence-corrected chi connectivity index (χ0v) is 19.7. The third-order valence-electron chi connectivity index (χ3n) is 5.46. The number of fused-ring (bicyclic) bond motifs is 1. The number of hydrogen-bond acceptors (Lipinski definition) is 6. The molecule has 0 spiro atoms. The largest absolute Gasteiger partial charge is 0.340 e. The van der Waals surface area contributed by atoms with Gasteiger partial charge in [-0.1, -0.05) is 0 Å². The molecule has 29 heavy (non-hydrogen) atoms. The van der Waals surface area contributed by atoms with Crippen molar-refractivity contribution in [1.29, 1.82) is 0 Å². The predicted molar refractivity (Wildman–Crippen MR) is 122 cm³/mol. The summed E-state index contributed by atoms with van der Waals surface area (Å²) < 4.78 is 2.72. The van der Waals surface area contributed by atoms with Gasteiger partial charge in [0.25, 0.3) is 5.56 Å². The van der Waals surface area contributed by atoms with Crippen molar-refractivity contribution >= 4 is 54.7 Å². The first-order valence-electron chi connectivity index (χ1n) is 9.62. The smallest absolute Gasteiger partial charge is 0.262 e. The van der Waals surface area contributed by atoms with Gasteiger partial charge >= 0.3 is 0 Å². The third kappa shape index (κ3) is 4.47. The van der Waals surface area contributed by atoms with Gasteiger partial charge in [-0.05, 0) is 47.5 Å². The molecule has 1 fully saturated rings. The highest BCUT2D eigenvalue weighted by molar-refractivity contribution is 9.11. The Morgan fingerprint density at radius 2 is 1.93 bits per heavy atom. The molecule has 154 valence electrons. The molecule has 0 atom stereocenters. The lowest BCUT2D eigenvalue weighted by molar-refractivity contribution is -0.133. The van der Waals surface area contributed by atoms with E-state index in [9.17, 15) is 9.59 Å². The summed E-state index contributed by atoms with van der Waals surface area (Å²) in [6.07, 6.45) is 1.90. The van der Waals surface area contributed by atoms with Crippen LogP contribution in [0.3, 0.4) is 0 Å². The minimum absolute atomic E-state index is 0.0448. The first kappa shape index (κ1) is 20.7. The fourth-order valence-electron chi connectivity index (χ4n) is 3.62. The maximum atomic E-state index is 12.8. The van der Waals surface area contributed by atoms with E-state index in [2.05, 4.69) is 37.9 Å². The fourth-order valence-corrected chi connectivity index (χ4v) is 6.13. The van der Waals surface area contributed by atoms with Crippen LogP contribution in [-0.2, 0) is 17.9 Å². The minimum atomic E-state index is -0.0448. The lowest BCUT2D eigenvalue weighted by atomic mass is 10.2. The number of amides is 1. The molecular weight excluding hydrogens is 472 g/mol. The van der Waals surface area contributed by atoms with Crippen molar-refractivity contribution in [2.45, 2.75) is 33.4 Å². The summed E-state index contributed by atoms with van der Waals surface area (Å²) in [6, 6.07) is 4.22. The Morgan fingerprint density at radius 1 is 1.17 bits per heavy atom. The van der Waals surface area contributed by atoms with Crippen molar-refractivity contribution in [3.63, 3.8) is 0 Å². The maximum absolute atomic E-state index is 12.8. The van der Waals surface area contributed by atoms with Gasteiger partial charge in [0.2, 0.25) is 5.91 Å². The molecule has 1 saturated heterocycles. The summed E-state index contributed by atoms with van der Waals surface area (Å²) in [6.45, 7) is 8.50. The highest BCUT2D eigenvalue weighted by Gasteiger charge is 2.21. The van der Waals surface area contributed by atoms with E-state index in [0.29, 0.717) is 18.4 Å². The normalized spacial score (nSPS) is 15.3. The first-order chi connectivity index (χ1) is 13.9. The van der Waals surface area contributed by atoms with E-state index in [0.717, 1.165) is 51.8 Å². The molecule has 3 aromatic heterocycles. The third-order valence-corrected chi connectivity index (χ3v) is 8.18. The summed E-state index contributed by atoms with van der Waals surface area (Å²) in [7, 11) is 0. The monoisotopic (exact) mass is 494 g/mol. The average Bonchev–Trinajstić information content (AvgIpc) is 3.24. The highest BCUT2D eigenvalue weighted by Crippen LogP contribution is 2.25. The number of thiophene rings is 2. The number of hydrogen-bond donors (Lipinski definition) is 0. The van der Waals surface area contributed by atoms with Crippen molar-refractivity contribution in [3.8, 4) is 0 Å². The van der Waals surface area contributed by atoms with E-state index in [4.69, 9.17) is 0 Å². The van der Waals surface area contributed by atoms with E-state index in [1.165, 1.54) is 4.88 Å². The Labute approximate surface area is 185 Å². The first-order valence-corrected chi connectivity index (χ1v) is 12.0. The maximum Gasteiger partial charge on any atom is 0.262 e. The Kier molecular flexibility index (Phi) is 6.19. The zero-order valence-electron chi connectivity index (χ0n) is 16.5. The molecule has 1 aliphatic rings. The van der Waals surface area contributed by atoms with Crippen LogP contribution in [0.4, 0.5) is 0 Å². The van der Waals surface area contributed by atoms with Gasteiger partial charge in [-0.2, -0.15) is 0 Å². The quantitative estimate of drug-likeness (QED) is 0.543. The molecule has 4 heterocycles. The van der Waals surface area contributed by atoms with Gasteiger partial charge in [0, 0.05) is 55.4 Å². The van der Waals surface area contributed by atoms with Crippen LogP contribution in [0.1, 0.15) is 21.7 Å².